The lowest BCUT2D eigenvalue weighted by Crippen LogP contribution is -2.26. The number of nitrogens with zero attached hydrogens (tertiary/aromatic N) is 3. The number of benzene rings is 1. The number of hydrogen-bond acceptors (Lipinski definition) is 5. The molecule has 1 N–H and O–H groups in total. The van der Waals surface area contributed by atoms with E-state index >= 15 is 0 Å². The molecule has 2 aromatic rings. The van der Waals surface area contributed by atoms with Crippen LogP contribution in [0.1, 0.15) is 17.3 Å². The van der Waals surface area contributed by atoms with Crippen molar-refractivity contribution in [1.29, 1.82) is 0 Å². The van der Waals surface area contributed by atoms with E-state index in [1.54, 1.807) is 4.90 Å². The zero-order chi connectivity index (χ0) is 17.3. The van der Waals surface area contributed by atoms with Crippen LogP contribution in [-0.4, -0.2) is 32.3 Å². The molecule has 126 valence electrons. The minimum atomic E-state index is -2.07. The van der Waals surface area contributed by atoms with Gasteiger partial charge in [-0.15, -0.1) is 10.2 Å². The highest BCUT2D eigenvalue weighted by molar-refractivity contribution is 7.15. The summed E-state index contributed by atoms with van der Waals surface area (Å²) in [4.78, 5) is 25.6. The molecule has 3 rings (SSSR count). The number of aromatic nitrogens is 2. The average molecular weight is 406 g/mol. The van der Waals surface area contributed by atoms with Gasteiger partial charge in [0.2, 0.25) is 11.0 Å². The van der Waals surface area contributed by atoms with Crippen LogP contribution in [0.15, 0.2) is 30.3 Å². The number of para-hydroxylation sites is 1. The maximum atomic E-state index is 12.2. The summed E-state index contributed by atoms with van der Waals surface area (Å²) in [5, 5.41) is 11.2. The summed E-state index contributed by atoms with van der Waals surface area (Å²) in [6.07, 6.45) is 0.335. The van der Waals surface area contributed by atoms with Gasteiger partial charge in [-0.1, -0.05) is 64.3 Å². The minimum Gasteiger partial charge on any atom is -0.312 e. The Hall–Kier alpha value is -1.41. The van der Waals surface area contributed by atoms with Crippen LogP contribution in [0.2, 0.25) is 0 Å². The summed E-state index contributed by atoms with van der Waals surface area (Å²) in [6, 6.07) is 9.42. The molecule has 1 unspecified atom stereocenters. The van der Waals surface area contributed by atoms with Gasteiger partial charge in [-0.3, -0.25) is 14.9 Å². The fraction of sp³-hybridized carbons (Fsp3) is 0.286. The molecule has 0 saturated carbocycles. The largest absolute Gasteiger partial charge is 0.312 e. The topological polar surface area (TPSA) is 75.2 Å². The van der Waals surface area contributed by atoms with Crippen LogP contribution in [0.5, 0.6) is 0 Å². The van der Waals surface area contributed by atoms with Gasteiger partial charge in [0.15, 0.2) is 0 Å². The lowest BCUT2D eigenvalue weighted by molar-refractivity contribution is -0.117. The van der Waals surface area contributed by atoms with E-state index in [0.717, 1.165) is 17.0 Å². The molecular formula is C14H11Cl3N4O2S. The van der Waals surface area contributed by atoms with Gasteiger partial charge in [0.25, 0.3) is 9.70 Å². The number of nitrogens with one attached hydrogen (secondary N) is 1. The van der Waals surface area contributed by atoms with Gasteiger partial charge in [0.05, 0.1) is 0 Å². The van der Waals surface area contributed by atoms with Crippen LogP contribution < -0.4 is 10.2 Å². The number of carbonyl (C=O) groups excluding carboxylic acids is 2. The van der Waals surface area contributed by atoms with Crippen molar-refractivity contribution in [3.8, 4) is 0 Å². The Kier molecular flexibility index (Phi) is 4.96. The van der Waals surface area contributed by atoms with Crippen LogP contribution >= 0.6 is 46.1 Å². The second-order valence-corrected chi connectivity index (χ2v) is 8.43. The molecule has 24 heavy (non-hydrogen) atoms. The smallest absolute Gasteiger partial charge is 0.278 e. The molecule has 1 aliphatic rings. The number of alkyl halides is 3. The number of halogens is 3. The minimum absolute atomic E-state index is 0.0216. The molecule has 0 aliphatic carbocycles. The predicted octanol–water partition coefficient (Wildman–Crippen LogP) is 3.37. The fourth-order valence-electron chi connectivity index (χ4n) is 2.35. The Balaban J connectivity index is 1.70. The van der Waals surface area contributed by atoms with Crippen LogP contribution in [-0.2, 0) is 9.59 Å². The molecule has 6 nitrogen and oxygen atoms in total. The first-order valence-corrected chi connectivity index (χ1v) is 8.86. The van der Waals surface area contributed by atoms with Gasteiger partial charge in [0, 0.05) is 24.6 Å². The predicted molar refractivity (Wildman–Crippen MR) is 95.0 cm³/mol. The molecule has 2 heterocycles. The van der Waals surface area contributed by atoms with E-state index in [-0.39, 0.29) is 17.0 Å². The normalized spacial score (nSPS) is 18.0. The Morgan fingerprint density at radius 3 is 2.62 bits per heavy atom. The van der Waals surface area contributed by atoms with Crippen LogP contribution in [0.3, 0.4) is 0 Å². The highest BCUT2D eigenvalue weighted by Gasteiger charge is 2.35. The third-order valence-electron chi connectivity index (χ3n) is 3.46. The van der Waals surface area contributed by atoms with E-state index in [1.165, 1.54) is 0 Å². The Morgan fingerprint density at radius 2 is 1.96 bits per heavy atom. The molecule has 0 radical (unpaired) electrons. The highest BCUT2D eigenvalue weighted by atomic mass is 35.6. The third-order valence-corrected chi connectivity index (χ3v) is 4.98. The SMILES string of the molecule is O=C1CC(c2nnc(NC(=O)C(Cl)(Cl)Cl)s2)CN1c1ccccc1. The Labute approximate surface area is 156 Å². The maximum absolute atomic E-state index is 12.2. The second-order valence-electron chi connectivity index (χ2n) is 5.14. The molecule has 1 atom stereocenters. The zero-order valence-electron chi connectivity index (χ0n) is 12.1. The van der Waals surface area contributed by atoms with Crippen LogP contribution in [0, 0.1) is 0 Å². The van der Waals surface area contributed by atoms with Gasteiger partial charge in [0.1, 0.15) is 5.01 Å². The first-order chi connectivity index (χ1) is 11.3. The Bertz CT molecular complexity index is 763. The number of amides is 2. The molecule has 0 bridgehead atoms. The van der Waals surface area contributed by atoms with Crippen molar-refractivity contribution in [2.75, 3.05) is 16.8 Å². The number of hydrogen-bond donors (Lipinski definition) is 1. The molecule has 1 saturated heterocycles. The summed E-state index contributed by atoms with van der Waals surface area (Å²) < 4.78 is -2.07. The van der Waals surface area contributed by atoms with Crippen molar-refractivity contribution in [1.82, 2.24) is 10.2 Å². The van der Waals surface area contributed by atoms with Gasteiger partial charge < -0.3 is 4.90 Å². The molecular weight excluding hydrogens is 395 g/mol. The monoisotopic (exact) mass is 404 g/mol. The zero-order valence-corrected chi connectivity index (χ0v) is 15.2. The van der Waals surface area contributed by atoms with Crippen molar-refractivity contribution >= 4 is 68.8 Å². The number of rotatable bonds is 3. The summed E-state index contributed by atoms with van der Waals surface area (Å²) in [7, 11) is 0. The summed E-state index contributed by atoms with van der Waals surface area (Å²) >= 11 is 17.7. The summed E-state index contributed by atoms with van der Waals surface area (Å²) in [5.74, 6) is -0.870. The molecule has 2 amide bonds. The number of carbonyl (C=O) groups is 2. The van der Waals surface area contributed by atoms with Gasteiger partial charge >= 0.3 is 0 Å². The van der Waals surface area contributed by atoms with E-state index < -0.39 is 9.70 Å². The molecule has 1 fully saturated rings. The maximum Gasteiger partial charge on any atom is 0.278 e. The van der Waals surface area contributed by atoms with Crippen molar-refractivity contribution in [2.24, 2.45) is 0 Å². The fourth-order valence-corrected chi connectivity index (χ4v) is 3.32. The van der Waals surface area contributed by atoms with E-state index in [0.29, 0.717) is 18.0 Å². The van der Waals surface area contributed by atoms with E-state index in [9.17, 15) is 9.59 Å². The first-order valence-electron chi connectivity index (χ1n) is 6.91. The molecule has 10 heteroatoms. The van der Waals surface area contributed by atoms with Crippen LogP contribution in [0.25, 0.3) is 0 Å². The number of anilines is 2. The lowest BCUT2D eigenvalue weighted by atomic mass is 10.1. The van der Waals surface area contributed by atoms with Gasteiger partial charge in [-0.2, -0.15) is 0 Å². The summed E-state index contributed by atoms with van der Waals surface area (Å²) in [5.41, 5.74) is 0.847. The molecule has 0 spiro atoms. The van der Waals surface area contributed by atoms with Gasteiger partial charge in [-0.25, -0.2) is 0 Å². The molecule has 1 aromatic heterocycles. The van der Waals surface area contributed by atoms with Crippen LogP contribution in [0.4, 0.5) is 10.8 Å². The van der Waals surface area contributed by atoms with Crippen molar-refractivity contribution in [2.45, 2.75) is 16.1 Å². The van der Waals surface area contributed by atoms with E-state index in [4.69, 9.17) is 34.8 Å². The van der Waals surface area contributed by atoms with Crippen molar-refractivity contribution < 1.29 is 9.59 Å². The van der Waals surface area contributed by atoms with E-state index in [1.807, 2.05) is 30.3 Å². The van der Waals surface area contributed by atoms with Crippen molar-refractivity contribution in [3.05, 3.63) is 35.3 Å². The third kappa shape index (κ3) is 3.80. The lowest BCUT2D eigenvalue weighted by Gasteiger charge is -2.15. The van der Waals surface area contributed by atoms with Crippen molar-refractivity contribution in [3.63, 3.8) is 0 Å². The average Bonchev–Trinajstić information content (AvgIpc) is 3.14. The standard InChI is InChI=1S/C14H11Cl3N4O2S/c15-14(16,17)12(23)18-13-20-19-11(24-13)8-6-10(22)21(7-8)9-4-2-1-3-5-9/h1-5,8H,6-7H2,(H,18,20,23). The summed E-state index contributed by atoms with van der Waals surface area (Å²) in [6.45, 7) is 0.510. The molecule has 1 aliphatic heterocycles. The highest BCUT2D eigenvalue weighted by Crippen LogP contribution is 2.35. The Morgan fingerprint density at radius 1 is 1.25 bits per heavy atom. The quantitative estimate of drug-likeness (QED) is 0.795. The molecule has 1 aromatic carbocycles. The first kappa shape index (κ1) is 17.4. The second kappa shape index (κ2) is 6.84. The van der Waals surface area contributed by atoms with Gasteiger partial charge in [-0.05, 0) is 12.1 Å². The van der Waals surface area contributed by atoms with E-state index in [2.05, 4.69) is 15.5 Å².